The SMILES string of the molecule is CC(=Cc1ccccc1)CN1CCN(C=O)CC1. The van der Waals surface area contributed by atoms with Crippen LogP contribution < -0.4 is 0 Å². The first-order valence-electron chi connectivity index (χ1n) is 6.42. The summed E-state index contributed by atoms with van der Waals surface area (Å²) in [7, 11) is 0. The van der Waals surface area contributed by atoms with Crippen molar-refractivity contribution in [1.82, 2.24) is 9.80 Å². The maximum Gasteiger partial charge on any atom is 0.209 e. The van der Waals surface area contributed by atoms with E-state index in [9.17, 15) is 4.79 Å². The normalized spacial score (nSPS) is 17.8. The van der Waals surface area contributed by atoms with Crippen LogP contribution in [0.5, 0.6) is 0 Å². The second kappa shape index (κ2) is 6.36. The van der Waals surface area contributed by atoms with Gasteiger partial charge in [0.25, 0.3) is 0 Å². The van der Waals surface area contributed by atoms with Crippen LogP contribution in [0.15, 0.2) is 35.9 Å². The molecule has 3 heteroatoms. The van der Waals surface area contributed by atoms with Gasteiger partial charge in [-0.2, -0.15) is 0 Å². The van der Waals surface area contributed by atoms with Crippen molar-refractivity contribution < 1.29 is 4.79 Å². The Morgan fingerprint density at radius 3 is 2.44 bits per heavy atom. The molecule has 0 N–H and O–H groups in total. The summed E-state index contributed by atoms with van der Waals surface area (Å²) in [6.45, 7) is 6.79. The number of carbonyl (C=O) groups is 1. The van der Waals surface area contributed by atoms with Crippen molar-refractivity contribution in [2.24, 2.45) is 0 Å². The number of hydrogen-bond donors (Lipinski definition) is 0. The predicted molar refractivity (Wildman–Crippen MR) is 74.2 cm³/mol. The Hall–Kier alpha value is -1.61. The van der Waals surface area contributed by atoms with Gasteiger partial charge in [-0.05, 0) is 12.5 Å². The van der Waals surface area contributed by atoms with Crippen LogP contribution in [0, 0.1) is 0 Å². The number of nitrogens with zero attached hydrogens (tertiary/aromatic N) is 2. The summed E-state index contributed by atoms with van der Waals surface area (Å²) >= 11 is 0. The van der Waals surface area contributed by atoms with Gasteiger partial charge in [0.15, 0.2) is 0 Å². The van der Waals surface area contributed by atoms with E-state index in [0.717, 1.165) is 39.1 Å². The van der Waals surface area contributed by atoms with Gasteiger partial charge in [0, 0.05) is 32.7 Å². The average Bonchev–Trinajstić information content (AvgIpc) is 2.40. The van der Waals surface area contributed by atoms with Gasteiger partial charge in [-0.1, -0.05) is 42.0 Å². The van der Waals surface area contributed by atoms with Crippen LogP contribution in [0.3, 0.4) is 0 Å². The standard InChI is InChI=1S/C15H20N2O/c1-14(11-15-5-3-2-4-6-15)12-16-7-9-17(13-18)10-8-16/h2-6,11,13H,7-10,12H2,1H3. The lowest BCUT2D eigenvalue weighted by Gasteiger charge is -2.32. The zero-order valence-corrected chi connectivity index (χ0v) is 10.9. The molecule has 0 bridgehead atoms. The summed E-state index contributed by atoms with van der Waals surface area (Å²) in [5.74, 6) is 0. The van der Waals surface area contributed by atoms with Crippen molar-refractivity contribution in [1.29, 1.82) is 0 Å². The fourth-order valence-electron chi connectivity index (χ4n) is 2.26. The lowest BCUT2D eigenvalue weighted by molar-refractivity contribution is -0.119. The molecule has 0 atom stereocenters. The quantitative estimate of drug-likeness (QED) is 0.755. The fourth-order valence-corrected chi connectivity index (χ4v) is 2.26. The molecule has 1 fully saturated rings. The number of carbonyl (C=O) groups excluding carboxylic acids is 1. The zero-order valence-electron chi connectivity index (χ0n) is 10.9. The summed E-state index contributed by atoms with van der Waals surface area (Å²) < 4.78 is 0. The van der Waals surface area contributed by atoms with Crippen molar-refractivity contribution in [2.75, 3.05) is 32.7 Å². The Morgan fingerprint density at radius 2 is 1.83 bits per heavy atom. The van der Waals surface area contributed by atoms with E-state index in [1.165, 1.54) is 11.1 Å². The topological polar surface area (TPSA) is 23.6 Å². The molecule has 0 saturated carbocycles. The Balaban J connectivity index is 1.86. The molecule has 3 nitrogen and oxygen atoms in total. The van der Waals surface area contributed by atoms with Crippen LogP contribution in [0.2, 0.25) is 0 Å². The number of rotatable bonds is 4. The van der Waals surface area contributed by atoms with Crippen LogP contribution in [0.1, 0.15) is 12.5 Å². The largest absolute Gasteiger partial charge is 0.343 e. The van der Waals surface area contributed by atoms with Gasteiger partial charge in [0.05, 0.1) is 0 Å². The minimum Gasteiger partial charge on any atom is -0.343 e. The van der Waals surface area contributed by atoms with Crippen molar-refractivity contribution in [2.45, 2.75) is 6.92 Å². The molecule has 18 heavy (non-hydrogen) atoms. The fraction of sp³-hybridized carbons (Fsp3) is 0.400. The van der Waals surface area contributed by atoms with Gasteiger partial charge in [-0.15, -0.1) is 0 Å². The molecule has 2 rings (SSSR count). The third-order valence-corrected chi connectivity index (χ3v) is 3.24. The van der Waals surface area contributed by atoms with E-state index in [4.69, 9.17) is 0 Å². The smallest absolute Gasteiger partial charge is 0.209 e. The minimum absolute atomic E-state index is 0.849. The molecule has 1 heterocycles. The number of hydrogen-bond acceptors (Lipinski definition) is 2. The number of piperazine rings is 1. The molecule has 1 amide bonds. The first kappa shape index (κ1) is 12.8. The van der Waals surface area contributed by atoms with Crippen molar-refractivity contribution >= 4 is 12.5 Å². The summed E-state index contributed by atoms with van der Waals surface area (Å²) in [4.78, 5) is 14.9. The predicted octanol–water partition coefficient (Wildman–Crippen LogP) is 1.86. The van der Waals surface area contributed by atoms with Gasteiger partial charge >= 0.3 is 0 Å². The summed E-state index contributed by atoms with van der Waals surface area (Å²) in [6, 6.07) is 10.4. The molecule has 0 aliphatic carbocycles. The number of benzene rings is 1. The maximum atomic E-state index is 10.6. The van der Waals surface area contributed by atoms with Crippen LogP contribution in [-0.4, -0.2) is 48.9 Å². The molecule has 1 saturated heterocycles. The van der Waals surface area contributed by atoms with E-state index in [-0.39, 0.29) is 0 Å². The van der Waals surface area contributed by atoms with Crippen LogP contribution in [0.25, 0.3) is 6.08 Å². The Kier molecular flexibility index (Phi) is 4.53. The molecule has 0 aromatic heterocycles. The first-order chi connectivity index (χ1) is 8.78. The highest BCUT2D eigenvalue weighted by Gasteiger charge is 2.14. The van der Waals surface area contributed by atoms with E-state index in [0.29, 0.717) is 0 Å². The molecule has 96 valence electrons. The molecule has 0 spiro atoms. The highest BCUT2D eigenvalue weighted by atomic mass is 16.1. The van der Waals surface area contributed by atoms with E-state index < -0.39 is 0 Å². The molecular weight excluding hydrogens is 224 g/mol. The van der Waals surface area contributed by atoms with Crippen LogP contribution in [-0.2, 0) is 4.79 Å². The van der Waals surface area contributed by atoms with Crippen molar-refractivity contribution in [3.8, 4) is 0 Å². The van der Waals surface area contributed by atoms with E-state index in [1.807, 2.05) is 11.0 Å². The average molecular weight is 244 g/mol. The summed E-state index contributed by atoms with van der Waals surface area (Å²) in [5, 5.41) is 0. The highest BCUT2D eigenvalue weighted by Crippen LogP contribution is 2.09. The Bertz CT molecular complexity index is 406. The molecule has 1 aliphatic rings. The molecular formula is C15H20N2O. The Morgan fingerprint density at radius 1 is 1.17 bits per heavy atom. The van der Waals surface area contributed by atoms with Gasteiger partial charge in [-0.3, -0.25) is 9.69 Å². The van der Waals surface area contributed by atoms with E-state index >= 15 is 0 Å². The van der Waals surface area contributed by atoms with E-state index in [2.05, 4.69) is 42.2 Å². The van der Waals surface area contributed by atoms with Crippen molar-refractivity contribution in [3.63, 3.8) is 0 Å². The number of amides is 1. The lowest BCUT2D eigenvalue weighted by atomic mass is 10.1. The van der Waals surface area contributed by atoms with Gasteiger partial charge in [0.2, 0.25) is 6.41 Å². The summed E-state index contributed by atoms with van der Waals surface area (Å²) in [6.07, 6.45) is 3.18. The third kappa shape index (κ3) is 3.70. The second-order valence-electron chi connectivity index (χ2n) is 4.82. The molecule has 0 unspecified atom stereocenters. The first-order valence-corrected chi connectivity index (χ1v) is 6.42. The molecule has 1 aliphatic heterocycles. The Labute approximate surface area is 109 Å². The van der Waals surface area contributed by atoms with Gasteiger partial charge < -0.3 is 4.90 Å². The van der Waals surface area contributed by atoms with E-state index in [1.54, 1.807) is 0 Å². The van der Waals surface area contributed by atoms with Crippen molar-refractivity contribution in [3.05, 3.63) is 41.5 Å². The van der Waals surface area contributed by atoms with Crippen LogP contribution >= 0.6 is 0 Å². The maximum absolute atomic E-state index is 10.6. The summed E-state index contributed by atoms with van der Waals surface area (Å²) in [5.41, 5.74) is 2.61. The third-order valence-electron chi connectivity index (χ3n) is 3.24. The molecule has 1 aromatic carbocycles. The highest BCUT2D eigenvalue weighted by molar-refractivity contribution is 5.52. The second-order valence-corrected chi connectivity index (χ2v) is 4.82. The molecule has 0 radical (unpaired) electrons. The van der Waals surface area contributed by atoms with Gasteiger partial charge in [0.1, 0.15) is 0 Å². The monoisotopic (exact) mass is 244 g/mol. The van der Waals surface area contributed by atoms with Crippen LogP contribution in [0.4, 0.5) is 0 Å². The molecule has 1 aromatic rings. The van der Waals surface area contributed by atoms with Gasteiger partial charge in [-0.25, -0.2) is 0 Å². The minimum atomic E-state index is 0.849. The zero-order chi connectivity index (χ0) is 12.8. The lowest BCUT2D eigenvalue weighted by Crippen LogP contribution is -2.46.